The van der Waals surface area contributed by atoms with Crippen molar-refractivity contribution in [2.45, 2.75) is 50.7 Å². The Kier molecular flexibility index (Phi) is 10.4. The third-order valence-corrected chi connectivity index (χ3v) is 7.26. The molecular weight excluding hydrogens is 515 g/mol. The van der Waals surface area contributed by atoms with Crippen molar-refractivity contribution in [3.05, 3.63) is 53.3 Å². The van der Waals surface area contributed by atoms with Crippen LogP contribution in [0.4, 0.5) is 10.2 Å². The SMILES string of the molecule is COC[C@@H](F)CN(CCCCc1ccc2c(n1)NCCC2)CC[C@H](NC(=O)c1ccc2c(cnn2C)c1)C(=O)O. The number of nitrogens with one attached hydrogen (secondary N) is 2. The Morgan fingerprint density at radius 3 is 2.90 bits per heavy atom. The lowest BCUT2D eigenvalue weighted by molar-refractivity contribution is -0.139. The van der Waals surface area contributed by atoms with E-state index in [9.17, 15) is 19.1 Å². The Morgan fingerprint density at radius 2 is 2.10 bits per heavy atom. The molecular formula is C29H39FN6O4. The highest BCUT2D eigenvalue weighted by atomic mass is 19.1. The first-order chi connectivity index (χ1) is 19.3. The fourth-order valence-corrected chi connectivity index (χ4v) is 5.07. The second-order valence-electron chi connectivity index (χ2n) is 10.3. The number of aliphatic carboxylic acids is 1. The first-order valence-corrected chi connectivity index (χ1v) is 13.9. The van der Waals surface area contributed by atoms with Crippen LogP contribution < -0.4 is 10.6 Å². The van der Waals surface area contributed by atoms with E-state index in [0.29, 0.717) is 18.7 Å². The van der Waals surface area contributed by atoms with Crippen LogP contribution in [0.25, 0.3) is 10.9 Å². The van der Waals surface area contributed by atoms with Crippen LogP contribution in [0.2, 0.25) is 0 Å². The third kappa shape index (κ3) is 7.98. The van der Waals surface area contributed by atoms with E-state index in [1.807, 2.05) is 11.9 Å². The molecule has 11 heteroatoms. The molecule has 2 aromatic heterocycles. The summed E-state index contributed by atoms with van der Waals surface area (Å²) in [6, 6.07) is 8.23. The molecule has 1 aliphatic heterocycles. The van der Waals surface area contributed by atoms with Crippen molar-refractivity contribution >= 4 is 28.6 Å². The van der Waals surface area contributed by atoms with Crippen LogP contribution in [0.1, 0.15) is 47.3 Å². The number of hydrogen-bond acceptors (Lipinski definition) is 7. The van der Waals surface area contributed by atoms with E-state index in [1.165, 1.54) is 12.7 Å². The zero-order chi connectivity index (χ0) is 28.5. The number of methoxy groups -OCH3 is 1. The molecule has 4 rings (SSSR count). The number of rotatable bonds is 15. The number of carbonyl (C=O) groups excluding carboxylic acids is 1. The molecule has 40 heavy (non-hydrogen) atoms. The molecule has 10 nitrogen and oxygen atoms in total. The van der Waals surface area contributed by atoms with Crippen LogP contribution in [0, 0.1) is 0 Å². The number of anilines is 1. The van der Waals surface area contributed by atoms with Gasteiger partial charge in [0.25, 0.3) is 5.91 Å². The third-order valence-electron chi connectivity index (χ3n) is 7.26. The van der Waals surface area contributed by atoms with Crippen molar-refractivity contribution in [1.29, 1.82) is 0 Å². The molecule has 3 heterocycles. The quantitative estimate of drug-likeness (QED) is 0.245. The van der Waals surface area contributed by atoms with Gasteiger partial charge in [-0.1, -0.05) is 6.07 Å². The number of nitrogens with zero attached hydrogens (tertiary/aromatic N) is 4. The van der Waals surface area contributed by atoms with Crippen molar-refractivity contribution < 1.29 is 23.8 Å². The Hall–Kier alpha value is -3.57. The summed E-state index contributed by atoms with van der Waals surface area (Å²) in [5, 5.41) is 20.8. The number of amides is 1. The lowest BCUT2D eigenvalue weighted by Gasteiger charge is -2.25. The summed E-state index contributed by atoms with van der Waals surface area (Å²) in [5.74, 6) is -0.622. The smallest absolute Gasteiger partial charge is 0.326 e. The van der Waals surface area contributed by atoms with E-state index >= 15 is 0 Å². The molecule has 0 radical (unpaired) electrons. The number of benzene rings is 1. The molecule has 0 saturated heterocycles. The predicted molar refractivity (Wildman–Crippen MR) is 151 cm³/mol. The number of carboxylic acids is 1. The molecule has 1 aromatic carbocycles. The summed E-state index contributed by atoms with van der Waals surface area (Å²) in [6.45, 7) is 1.97. The average molecular weight is 555 g/mol. The van der Waals surface area contributed by atoms with E-state index in [0.717, 1.165) is 61.1 Å². The summed E-state index contributed by atoms with van der Waals surface area (Å²) in [6.07, 6.45) is 5.28. The molecule has 0 aliphatic carbocycles. The summed E-state index contributed by atoms with van der Waals surface area (Å²) in [5.41, 5.74) is 3.52. The van der Waals surface area contributed by atoms with Gasteiger partial charge in [0, 0.05) is 50.4 Å². The Bertz CT molecular complexity index is 1300. The number of hydrogen-bond donors (Lipinski definition) is 3. The maximum atomic E-state index is 14.5. The highest BCUT2D eigenvalue weighted by molar-refractivity contribution is 5.99. The fraction of sp³-hybridized carbons (Fsp3) is 0.517. The van der Waals surface area contributed by atoms with Crippen LogP contribution in [-0.4, -0.2) is 88.8 Å². The largest absolute Gasteiger partial charge is 0.480 e. The number of carbonyl (C=O) groups is 2. The second-order valence-corrected chi connectivity index (χ2v) is 10.3. The second kappa shape index (κ2) is 14.2. The molecule has 0 bridgehead atoms. The van der Waals surface area contributed by atoms with Gasteiger partial charge < -0.3 is 25.4 Å². The Balaban J connectivity index is 1.31. The highest BCUT2D eigenvalue weighted by Gasteiger charge is 2.23. The minimum atomic E-state index is -1.19. The van der Waals surface area contributed by atoms with Crippen LogP contribution >= 0.6 is 0 Å². The first kappa shape index (κ1) is 29.4. The highest BCUT2D eigenvalue weighted by Crippen LogP contribution is 2.20. The molecule has 1 aliphatic rings. The van der Waals surface area contributed by atoms with Gasteiger partial charge in [0.15, 0.2) is 0 Å². The van der Waals surface area contributed by atoms with E-state index in [1.54, 1.807) is 29.1 Å². The molecule has 0 spiro atoms. The molecule has 1 amide bonds. The van der Waals surface area contributed by atoms with E-state index in [4.69, 9.17) is 9.72 Å². The van der Waals surface area contributed by atoms with E-state index in [-0.39, 0.29) is 19.6 Å². The summed E-state index contributed by atoms with van der Waals surface area (Å²) in [7, 11) is 3.27. The van der Waals surface area contributed by atoms with Gasteiger partial charge in [-0.3, -0.25) is 9.48 Å². The normalized spacial score (nSPS) is 14.5. The number of fused-ring (bicyclic) bond motifs is 2. The first-order valence-electron chi connectivity index (χ1n) is 13.9. The molecule has 216 valence electrons. The lowest BCUT2D eigenvalue weighted by atomic mass is 10.1. The van der Waals surface area contributed by atoms with Gasteiger partial charge in [-0.2, -0.15) is 5.10 Å². The standard InChI is InChI=1S/C29H39FN6O4/c1-35-26-11-9-21(16-22(26)17-32-35)28(37)34-25(29(38)39)12-15-36(18-23(30)19-40-2)14-4-3-7-24-10-8-20-6-5-13-31-27(20)33-24/h8-11,16-17,23,25H,3-7,12-15,18-19H2,1-2H3,(H,31,33)(H,34,37)(H,38,39)/t23-,25-/m0/s1. The number of unbranched alkanes of at least 4 members (excludes halogenated alkanes) is 1. The molecule has 2 atom stereocenters. The molecule has 3 N–H and O–H groups in total. The molecule has 3 aromatic rings. The van der Waals surface area contributed by atoms with Crippen LogP contribution in [0.5, 0.6) is 0 Å². The Morgan fingerprint density at radius 1 is 1.25 bits per heavy atom. The van der Waals surface area contributed by atoms with E-state index < -0.39 is 24.1 Å². The summed E-state index contributed by atoms with van der Waals surface area (Å²) in [4.78, 5) is 31.5. The topological polar surface area (TPSA) is 122 Å². The maximum Gasteiger partial charge on any atom is 0.326 e. The number of pyridine rings is 1. The maximum absolute atomic E-state index is 14.5. The van der Waals surface area contributed by atoms with Gasteiger partial charge in [0.2, 0.25) is 0 Å². The Labute approximate surface area is 233 Å². The minimum absolute atomic E-state index is 0.0293. The van der Waals surface area contributed by atoms with Crippen LogP contribution in [0.15, 0.2) is 36.5 Å². The van der Waals surface area contributed by atoms with E-state index in [2.05, 4.69) is 27.9 Å². The molecule has 0 saturated carbocycles. The zero-order valence-electron chi connectivity index (χ0n) is 23.2. The van der Waals surface area contributed by atoms with Gasteiger partial charge in [-0.05, 0) is 74.9 Å². The fourth-order valence-electron chi connectivity index (χ4n) is 5.07. The van der Waals surface area contributed by atoms with Crippen LogP contribution in [-0.2, 0) is 29.4 Å². The van der Waals surface area contributed by atoms with Crippen molar-refractivity contribution in [2.75, 3.05) is 45.2 Å². The van der Waals surface area contributed by atoms with Gasteiger partial charge in [0.1, 0.15) is 18.0 Å². The monoisotopic (exact) mass is 554 g/mol. The number of aryl methyl sites for hydroxylation is 3. The lowest BCUT2D eigenvalue weighted by Crippen LogP contribution is -2.44. The van der Waals surface area contributed by atoms with Gasteiger partial charge in [-0.25, -0.2) is 14.2 Å². The number of alkyl halides is 1. The molecule has 0 fully saturated rings. The van der Waals surface area contributed by atoms with Gasteiger partial charge >= 0.3 is 5.97 Å². The predicted octanol–water partition coefficient (Wildman–Crippen LogP) is 3.21. The van der Waals surface area contributed by atoms with Gasteiger partial charge in [-0.15, -0.1) is 0 Å². The van der Waals surface area contributed by atoms with Crippen molar-refractivity contribution in [3.63, 3.8) is 0 Å². The van der Waals surface area contributed by atoms with Crippen molar-refractivity contribution in [2.24, 2.45) is 7.05 Å². The number of ether oxygens (including phenoxy) is 1. The van der Waals surface area contributed by atoms with Crippen molar-refractivity contribution in [3.8, 4) is 0 Å². The zero-order valence-corrected chi connectivity index (χ0v) is 23.2. The average Bonchev–Trinajstić information content (AvgIpc) is 3.32. The summed E-state index contributed by atoms with van der Waals surface area (Å²) < 4.78 is 21.1. The minimum Gasteiger partial charge on any atom is -0.480 e. The number of aromatic nitrogens is 3. The van der Waals surface area contributed by atoms with Crippen molar-refractivity contribution in [1.82, 2.24) is 25.0 Å². The number of carboxylic acid groups (broad SMARTS) is 1. The number of halogens is 1. The molecule has 0 unspecified atom stereocenters. The van der Waals surface area contributed by atoms with Crippen LogP contribution in [0.3, 0.4) is 0 Å². The summed E-state index contributed by atoms with van der Waals surface area (Å²) >= 11 is 0. The van der Waals surface area contributed by atoms with Gasteiger partial charge in [0.05, 0.1) is 18.3 Å².